The van der Waals surface area contributed by atoms with E-state index in [1.54, 1.807) is 6.92 Å². The van der Waals surface area contributed by atoms with Crippen molar-refractivity contribution in [2.24, 2.45) is 0 Å². The van der Waals surface area contributed by atoms with Crippen molar-refractivity contribution in [3.8, 4) is 0 Å². The van der Waals surface area contributed by atoms with Gasteiger partial charge >= 0.3 is 0 Å². The molecule has 0 radical (unpaired) electrons. The smallest absolute Gasteiger partial charge is 0.0636 e. The Morgan fingerprint density at radius 1 is 1.27 bits per heavy atom. The molecule has 1 aromatic rings. The molecule has 0 bridgehead atoms. The Kier molecular flexibility index (Phi) is 5.37. The van der Waals surface area contributed by atoms with Crippen molar-refractivity contribution in [3.63, 3.8) is 0 Å². The molecule has 0 saturated carbocycles. The summed E-state index contributed by atoms with van der Waals surface area (Å²) in [7, 11) is 0. The van der Waals surface area contributed by atoms with Crippen LogP contribution in [0.15, 0.2) is 30.3 Å². The number of hydrogen-bond acceptors (Lipinski definition) is 2. The maximum Gasteiger partial charge on any atom is 0.0636 e. The lowest BCUT2D eigenvalue weighted by molar-refractivity contribution is 0.185. The molecule has 0 amide bonds. The Balaban J connectivity index is 2.57. The van der Waals surface area contributed by atoms with Crippen LogP contribution in [0.5, 0.6) is 0 Å². The minimum absolute atomic E-state index is 0.284. The molecular formula is C13H21NO. The second kappa shape index (κ2) is 6.59. The van der Waals surface area contributed by atoms with Crippen molar-refractivity contribution in [3.05, 3.63) is 35.9 Å². The zero-order chi connectivity index (χ0) is 11.1. The molecular weight excluding hydrogens is 186 g/mol. The van der Waals surface area contributed by atoms with Crippen LogP contribution in [0.2, 0.25) is 0 Å². The van der Waals surface area contributed by atoms with E-state index in [-0.39, 0.29) is 6.10 Å². The summed E-state index contributed by atoms with van der Waals surface area (Å²) in [5.41, 5.74) is 1.31. The lowest BCUT2D eigenvalue weighted by atomic mass is 10.0. The van der Waals surface area contributed by atoms with Gasteiger partial charge in [0.1, 0.15) is 0 Å². The molecule has 0 spiro atoms. The third-order valence-electron chi connectivity index (χ3n) is 2.44. The van der Waals surface area contributed by atoms with Gasteiger partial charge in [0.2, 0.25) is 0 Å². The highest BCUT2D eigenvalue weighted by atomic mass is 16.3. The molecule has 0 saturated heterocycles. The fourth-order valence-electron chi connectivity index (χ4n) is 1.67. The van der Waals surface area contributed by atoms with E-state index in [1.807, 2.05) is 6.07 Å². The van der Waals surface area contributed by atoms with Crippen LogP contribution in [0.3, 0.4) is 0 Å². The van der Waals surface area contributed by atoms with Crippen LogP contribution >= 0.6 is 0 Å². The zero-order valence-electron chi connectivity index (χ0n) is 9.61. The maximum absolute atomic E-state index is 9.25. The van der Waals surface area contributed by atoms with Gasteiger partial charge in [-0.05, 0) is 18.9 Å². The van der Waals surface area contributed by atoms with E-state index in [1.165, 1.54) is 5.56 Å². The van der Waals surface area contributed by atoms with Gasteiger partial charge in [0.05, 0.1) is 6.10 Å². The standard InChI is InChI=1S/C13H21NO/c1-3-7-13(14-10-11(2)15)12-8-5-4-6-9-12/h4-6,8-9,11,13-15H,3,7,10H2,1-2H3/t11-,13?/m1/s1. The van der Waals surface area contributed by atoms with Gasteiger partial charge in [-0.3, -0.25) is 0 Å². The topological polar surface area (TPSA) is 32.3 Å². The van der Waals surface area contributed by atoms with Gasteiger partial charge in [0.25, 0.3) is 0 Å². The summed E-state index contributed by atoms with van der Waals surface area (Å²) < 4.78 is 0. The summed E-state index contributed by atoms with van der Waals surface area (Å²) in [5.74, 6) is 0. The Morgan fingerprint density at radius 3 is 2.47 bits per heavy atom. The van der Waals surface area contributed by atoms with Gasteiger partial charge < -0.3 is 10.4 Å². The number of rotatable bonds is 6. The van der Waals surface area contributed by atoms with Crippen molar-refractivity contribution in [1.29, 1.82) is 0 Å². The van der Waals surface area contributed by atoms with Gasteiger partial charge in [-0.2, -0.15) is 0 Å². The van der Waals surface area contributed by atoms with E-state index in [9.17, 15) is 5.11 Å². The molecule has 15 heavy (non-hydrogen) atoms. The van der Waals surface area contributed by atoms with Gasteiger partial charge in [-0.25, -0.2) is 0 Å². The van der Waals surface area contributed by atoms with Crippen molar-refractivity contribution >= 4 is 0 Å². The van der Waals surface area contributed by atoms with Crippen LogP contribution in [-0.4, -0.2) is 17.8 Å². The quantitative estimate of drug-likeness (QED) is 0.751. The van der Waals surface area contributed by atoms with E-state index in [4.69, 9.17) is 0 Å². The fourth-order valence-corrected chi connectivity index (χ4v) is 1.67. The highest BCUT2D eigenvalue weighted by molar-refractivity contribution is 5.18. The van der Waals surface area contributed by atoms with Crippen molar-refractivity contribution < 1.29 is 5.11 Å². The van der Waals surface area contributed by atoms with E-state index >= 15 is 0 Å². The predicted octanol–water partition coefficient (Wildman–Crippen LogP) is 2.50. The highest BCUT2D eigenvalue weighted by Crippen LogP contribution is 2.17. The zero-order valence-corrected chi connectivity index (χ0v) is 9.61. The number of hydrogen-bond donors (Lipinski definition) is 2. The molecule has 0 aliphatic heterocycles. The predicted molar refractivity (Wildman–Crippen MR) is 63.8 cm³/mol. The number of aliphatic hydroxyl groups is 1. The van der Waals surface area contributed by atoms with Crippen LogP contribution in [0.4, 0.5) is 0 Å². The monoisotopic (exact) mass is 207 g/mol. The average Bonchev–Trinajstić information content (AvgIpc) is 2.25. The fraction of sp³-hybridized carbons (Fsp3) is 0.538. The molecule has 1 aromatic carbocycles. The summed E-state index contributed by atoms with van der Waals surface area (Å²) in [5, 5.41) is 12.6. The first-order chi connectivity index (χ1) is 7.24. The first-order valence-corrected chi connectivity index (χ1v) is 5.70. The third-order valence-corrected chi connectivity index (χ3v) is 2.44. The lowest BCUT2D eigenvalue weighted by Gasteiger charge is -2.19. The summed E-state index contributed by atoms with van der Waals surface area (Å²) in [6.07, 6.45) is 1.97. The summed E-state index contributed by atoms with van der Waals surface area (Å²) in [4.78, 5) is 0. The largest absolute Gasteiger partial charge is 0.392 e. The average molecular weight is 207 g/mol. The molecule has 2 heteroatoms. The minimum atomic E-state index is -0.284. The number of aliphatic hydroxyl groups excluding tert-OH is 1. The molecule has 1 rings (SSSR count). The molecule has 84 valence electrons. The van der Waals surface area contributed by atoms with Gasteiger partial charge in [-0.1, -0.05) is 43.7 Å². The Labute approximate surface area is 92.3 Å². The molecule has 2 nitrogen and oxygen atoms in total. The first kappa shape index (κ1) is 12.2. The molecule has 0 aliphatic rings. The highest BCUT2D eigenvalue weighted by Gasteiger charge is 2.09. The molecule has 0 aromatic heterocycles. The minimum Gasteiger partial charge on any atom is -0.392 e. The molecule has 0 aliphatic carbocycles. The van der Waals surface area contributed by atoms with Crippen LogP contribution < -0.4 is 5.32 Å². The molecule has 2 atom stereocenters. The van der Waals surface area contributed by atoms with Crippen LogP contribution in [0.1, 0.15) is 38.3 Å². The summed E-state index contributed by atoms with van der Waals surface area (Å²) >= 11 is 0. The normalized spacial score (nSPS) is 14.9. The van der Waals surface area contributed by atoms with Crippen LogP contribution in [0, 0.1) is 0 Å². The summed E-state index contributed by atoms with van der Waals surface area (Å²) in [6, 6.07) is 10.8. The Bertz CT molecular complexity index is 258. The Morgan fingerprint density at radius 2 is 1.93 bits per heavy atom. The van der Waals surface area contributed by atoms with E-state index in [0.717, 1.165) is 12.8 Å². The number of benzene rings is 1. The summed E-state index contributed by atoms with van der Waals surface area (Å²) in [6.45, 7) is 4.64. The van der Waals surface area contributed by atoms with E-state index in [0.29, 0.717) is 12.6 Å². The van der Waals surface area contributed by atoms with Crippen molar-refractivity contribution in [2.45, 2.75) is 38.8 Å². The van der Waals surface area contributed by atoms with Gasteiger partial charge in [0, 0.05) is 12.6 Å². The van der Waals surface area contributed by atoms with Crippen LogP contribution in [0.25, 0.3) is 0 Å². The van der Waals surface area contributed by atoms with Gasteiger partial charge in [-0.15, -0.1) is 0 Å². The first-order valence-electron chi connectivity index (χ1n) is 5.70. The van der Waals surface area contributed by atoms with Gasteiger partial charge in [0.15, 0.2) is 0 Å². The molecule has 0 fully saturated rings. The molecule has 2 N–H and O–H groups in total. The van der Waals surface area contributed by atoms with E-state index < -0.39 is 0 Å². The molecule has 1 unspecified atom stereocenters. The third kappa shape index (κ3) is 4.45. The SMILES string of the molecule is CCCC(NC[C@@H](C)O)c1ccccc1. The molecule has 0 heterocycles. The van der Waals surface area contributed by atoms with Crippen molar-refractivity contribution in [2.75, 3.05) is 6.54 Å². The second-order valence-corrected chi connectivity index (χ2v) is 4.01. The number of nitrogens with one attached hydrogen (secondary N) is 1. The second-order valence-electron chi connectivity index (χ2n) is 4.01. The van der Waals surface area contributed by atoms with Crippen LogP contribution in [-0.2, 0) is 0 Å². The lowest BCUT2D eigenvalue weighted by Crippen LogP contribution is -2.28. The van der Waals surface area contributed by atoms with E-state index in [2.05, 4.69) is 36.5 Å². The Hall–Kier alpha value is -0.860. The van der Waals surface area contributed by atoms with Crippen molar-refractivity contribution in [1.82, 2.24) is 5.32 Å². The maximum atomic E-state index is 9.25.